The van der Waals surface area contributed by atoms with Crippen molar-refractivity contribution in [2.24, 2.45) is 0 Å². The number of hydrogen-bond acceptors (Lipinski definition) is 3. The zero-order valence-electron chi connectivity index (χ0n) is 11.4. The molecule has 19 heavy (non-hydrogen) atoms. The zero-order chi connectivity index (χ0) is 13.7. The number of nitrogens with one attached hydrogen (secondary N) is 1. The van der Waals surface area contributed by atoms with E-state index < -0.39 is 0 Å². The van der Waals surface area contributed by atoms with Crippen LogP contribution in [-0.2, 0) is 4.74 Å². The molecule has 0 aliphatic carbocycles. The van der Waals surface area contributed by atoms with E-state index in [1.54, 1.807) is 0 Å². The second kappa shape index (κ2) is 6.94. The van der Waals surface area contributed by atoms with E-state index in [4.69, 9.17) is 20.8 Å². The molecule has 0 bridgehead atoms. The van der Waals surface area contributed by atoms with Crippen LogP contribution in [0.15, 0.2) is 28.7 Å². The summed E-state index contributed by atoms with van der Waals surface area (Å²) >= 11 is 5.99. The Morgan fingerprint density at radius 1 is 1.32 bits per heavy atom. The van der Waals surface area contributed by atoms with Gasteiger partial charge in [0.25, 0.3) is 0 Å². The minimum absolute atomic E-state index is 0.0890. The van der Waals surface area contributed by atoms with Crippen LogP contribution in [0.5, 0.6) is 0 Å². The standard InChI is InChI=1S/C15H20ClNO2/c1-3-7-17-13(10-18-4-2)15-9-11-8-12(16)5-6-14(11)19-15/h5-6,8-9,13,17H,3-4,7,10H2,1-2H3. The largest absolute Gasteiger partial charge is 0.459 e. The van der Waals surface area contributed by atoms with Gasteiger partial charge in [0.05, 0.1) is 12.6 Å². The van der Waals surface area contributed by atoms with Crippen molar-refractivity contribution in [1.82, 2.24) is 5.32 Å². The average Bonchev–Trinajstić information content (AvgIpc) is 2.81. The van der Waals surface area contributed by atoms with Crippen LogP contribution in [0, 0.1) is 0 Å². The van der Waals surface area contributed by atoms with Crippen molar-refractivity contribution < 1.29 is 9.15 Å². The van der Waals surface area contributed by atoms with Gasteiger partial charge in [0.2, 0.25) is 0 Å². The van der Waals surface area contributed by atoms with E-state index in [0.29, 0.717) is 13.2 Å². The van der Waals surface area contributed by atoms with Crippen LogP contribution >= 0.6 is 11.6 Å². The van der Waals surface area contributed by atoms with Crippen molar-refractivity contribution in [3.63, 3.8) is 0 Å². The van der Waals surface area contributed by atoms with E-state index in [-0.39, 0.29) is 6.04 Å². The predicted molar refractivity (Wildman–Crippen MR) is 78.8 cm³/mol. The van der Waals surface area contributed by atoms with Gasteiger partial charge in [-0.15, -0.1) is 0 Å². The molecule has 0 aliphatic rings. The van der Waals surface area contributed by atoms with Gasteiger partial charge in [0.1, 0.15) is 11.3 Å². The Balaban J connectivity index is 2.21. The van der Waals surface area contributed by atoms with Crippen LogP contribution in [0.1, 0.15) is 32.1 Å². The molecule has 1 aromatic carbocycles. The summed E-state index contributed by atoms with van der Waals surface area (Å²) in [5, 5.41) is 5.20. The summed E-state index contributed by atoms with van der Waals surface area (Å²) in [5.74, 6) is 0.902. The molecular formula is C15H20ClNO2. The van der Waals surface area contributed by atoms with Crippen LogP contribution in [0.3, 0.4) is 0 Å². The van der Waals surface area contributed by atoms with Crippen molar-refractivity contribution in [2.75, 3.05) is 19.8 Å². The van der Waals surface area contributed by atoms with Crippen molar-refractivity contribution in [3.8, 4) is 0 Å². The smallest absolute Gasteiger partial charge is 0.134 e. The minimum Gasteiger partial charge on any atom is -0.459 e. The fourth-order valence-electron chi connectivity index (χ4n) is 2.00. The third-order valence-corrected chi connectivity index (χ3v) is 3.21. The lowest BCUT2D eigenvalue weighted by atomic mass is 10.2. The number of rotatable bonds is 7. The highest BCUT2D eigenvalue weighted by Gasteiger charge is 2.16. The number of halogens is 1. The van der Waals surface area contributed by atoms with Crippen molar-refractivity contribution in [1.29, 1.82) is 0 Å². The molecule has 1 N–H and O–H groups in total. The van der Waals surface area contributed by atoms with E-state index in [0.717, 1.165) is 34.7 Å². The molecule has 1 heterocycles. The maximum Gasteiger partial charge on any atom is 0.134 e. The summed E-state index contributed by atoms with van der Waals surface area (Å²) in [5.41, 5.74) is 0.860. The molecule has 0 fully saturated rings. The van der Waals surface area contributed by atoms with Gasteiger partial charge in [-0.3, -0.25) is 0 Å². The molecule has 1 unspecified atom stereocenters. The first kappa shape index (κ1) is 14.4. The predicted octanol–water partition coefficient (Wildman–Crippen LogP) is 4.16. The SMILES string of the molecule is CCCNC(COCC)c1cc2cc(Cl)ccc2o1. The van der Waals surface area contributed by atoms with E-state index in [1.165, 1.54) is 0 Å². The lowest BCUT2D eigenvalue weighted by Crippen LogP contribution is -2.26. The molecule has 0 radical (unpaired) electrons. The molecule has 2 rings (SSSR count). The summed E-state index contributed by atoms with van der Waals surface area (Å²) in [7, 11) is 0. The normalized spacial score (nSPS) is 13.0. The Labute approximate surface area is 118 Å². The summed E-state index contributed by atoms with van der Waals surface area (Å²) in [4.78, 5) is 0. The van der Waals surface area contributed by atoms with Crippen molar-refractivity contribution in [3.05, 3.63) is 35.0 Å². The number of ether oxygens (including phenoxy) is 1. The van der Waals surface area contributed by atoms with Gasteiger partial charge >= 0.3 is 0 Å². The number of furan rings is 1. The van der Waals surface area contributed by atoms with Gasteiger partial charge in [-0.1, -0.05) is 18.5 Å². The molecule has 3 nitrogen and oxygen atoms in total. The molecule has 1 atom stereocenters. The molecule has 0 spiro atoms. The van der Waals surface area contributed by atoms with E-state index >= 15 is 0 Å². The summed E-state index contributed by atoms with van der Waals surface area (Å²) < 4.78 is 11.4. The van der Waals surface area contributed by atoms with Gasteiger partial charge in [0, 0.05) is 17.0 Å². The Bertz CT molecular complexity index is 516. The van der Waals surface area contributed by atoms with Gasteiger partial charge < -0.3 is 14.5 Å². The van der Waals surface area contributed by atoms with E-state index in [9.17, 15) is 0 Å². The lowest BCUT2D eigenvalue weighted by Gasteiger charge is -2.15. The monoisotopic (exact) mass is 281 g/mol. The highest BCUT2D eigenvalue weighted by Crippen LogP contribution is 2.26. The molecule has 0 saturated heterocycles. The molecule has 0 aliphatic heterocycles. The number of hydrogen-bond donors (Lipinski definition) is 1. The molecule has 0 saturated carbocycles. The molecule has 2 aromatic rings. The number of fused-ring (bicyclic) bond motifs is 1. The highest BCUT2D eigenvalue weighted by atomic mass is 35.5. The van der Waals surface area contributed by atoms with Crippen LogP contribution < -0.4 is 5.32 Å². The second-order valence-corrected chi connectivity index (χ2v) is 4.93. The van der Waals surface area contributed by atoms with Crippen molar-refractivity contribution in [2.45, 2.75) is 26.3 Å². The fourth-order valence-corrected chi connectivity index (χ4v) is 2.18. The van der Waals surface area contributed by atoms with E-state index in [1.807, 2.05) is 31.2 Å². The fraction of sp³-hybridized carbons (Fsp3) is 0.467. The molecule has 4 heteroatoms. The zero-order valence-corrected chi connectivity index (χ0v) is 12.2. The Morgan fingerprint density at radius 2 is 2.16 bits per heavy atom. The van der Waals surface area contributed by atoms with Crippen LogP contribution in [-0.4, -0.2) is 19.8 Å². The Morgan fingerprint density at radius 3 is 2.89 bits per heavy atom. The van der Waals surface area contributed by atoms with Crippen LogP contribution in [0.4, 0.5) is 0 Å². The van der Waals surface area contributed by atoms with E-state index in [2.05, 4.69) is 12.2 Å². The van der Waals surface area contributed by atoms with Crippen LogP contribution in [0.2, 0.25) is 5.02 Å². The lowest BCUT2D eigenvalue weighted by molar-refractivity contribution is 0.116. The first-order chi connectivity index (χ1) is 9.24. The highest BCUT2D eigenvalue weighted by molar-refractivity contribution is 6.31. The Hall–Kier alpha value is -1.03. The summed E-state index contributed by atoms with van der Waals surface area (Å²) in [6.45, 7) is 6.40. The third-order valence-electron chi connectivity index (χ3n) is 2.97. The van der Waals surface area contributed by atoms with Crippen molar-refractivity contribution >= 4 is 22.6 Å². The van der Waals surface area contributed by atoms with Gasteiger partial charge in [-0.25, -0.2) is 0 Å². The second-order valence-electron chi connectivity index (χ2n) is 4.50. The average molecular weight is 282 g/mol. The van der Waals surface area contributed by atoms with Gasteiger partial charge in [-0.2, -0.15) is 0 Å². The molecule has 104 valence electrons. The number of benzene rings is 1. The first-order valence-electron chi connectivity index (χ1n) is 6.74. The minimum atomic E-state index is 0.0890. The van der Waals surface area contributed by atoms with Gasteiger partial charge in [0.15, 0.2) is 0 Å². The maximum atomic E-state index is 5.99. The van der Waals surface area contributed by atoms with Crippen LogP contribution in [0.25, 0.3) is 11.0 Å². The summed E-state index contributed by atoms with van der Waals surface area (Å²) in [6, 6.07) is 7.79. The molecular weight excluding hydrogens is 262 g/mol. The molecule has 0 amide bonds. The summed E-state index contributed by atoms with van der Waals surface area (Å²) in [6.07, 6.45) is 1.08. The third kappa shape index (κ3) is 3.72. The first-order valence-corrected chi connectivity index (χ1v) is 7.12. The maximum absolute atomic E-state index is 5.99. The Kier molecular flexibility index (Phi) is 5.25. The molecule has 1 aromatic heterocycles. The topological polar surface area (TPSA) is 34.4 Å². The van der Waals surface area contributed by atoms with Gasteiger partial charge in [-0.05, 0) is 44.2 Å². The quantitative estimate of drug-likeness (QED) is 0.827.